The fraction of sp³-hybridized carbons (Fsp3) is 0.611. The average molecular weight is 323 g/mol. The monoisotopic (exact) mass is 323 g/mol. The summed E-state index contributed by atoms with van der Waals surface area (Å²) in [5.41, 5.74) is 0.989. The first-order valence-corrected chi connectivity index (χ1v) is 8.26. The summed E-state index contributed by atoms with van der Waals surface area (Å²) in [7, 11) is 2.09. The maximum absolute atomic E-state index is 11.5. The van der Waals surface area contributed by atoms with Crippen molar-refractivity contribution in [2.45, 2.75) is 26.4 Å². The van der Waals surface area contributed by atoms with Crippen molar-refractivity contribution in [2.24, 2.45) is 0 Å². The van der Waals surface area contributed by atoms with Crippen LogP contribution in [0.3, 0.4) is 0 Å². The Morgan fingerprint density at radius 3 is 2.39 bits per heavy atom. The number of hydrogen-bond donors (Lipinski definition) is 0. The van der Waals surface area contributed by atoms with Crippen LogP contribution in [-0.2, 0) is 25.6 Å². The number of carbonyl (C=O) groups is 1. The predicted octanol–water partition coefficient (Wildman–Crippen LogP) is 2.49. The predicted molar refractivity (Wildman–Crippen MR) is 90.3 cm³/mol. The van der Waals surface area contributed by atoms with E-state index in [1.165, 1.54) is 0 Å². The molecule has 0 unspecified atom stereocenters. The normalized spacial score (nSPS) is 10.9. The van der Waals surface area contributed by atoms with E-state index in [0.29, 0.717) is 33.0 Å². The molecule has 130 valence electrons. The van der Waals surface area contributed by atoms with Gasteiger partial charge in [0, 0.05) is 6.54 Å². The van der Waals surface area contributed by atoms with Crippen LogP contribution >= 0.6 is 0 Å². The van der Waals surface area contributed by atoms with Crippen LogP contribution in [0.2, 0.25) is 0 Å². The van der Waals surface area contributed by atoms with Gasteiger partial charge in [-0.05, 0) is 25.6 Å². The van der Waals surface area contributed by atoms with Crippen LogP contribution in [0.4, 0.5) is 0 Å². The van der Waals surface area contributed by atoms with Gasteiger partial charge in [-0.1, -0.05) is 37.3 Å². The second-order valence-corrected chi connectivity index (χ2v) is 5.42. The van der Waals surface area contributed by atoms with Crippen molar-refractivity contribution < 1.29 is 19.0 Å². The molecule has 0 amide bonds. The highest BCUT2D eigenvalue weighted by Gasteiger charge is 2.03. The lowest BCUT2D eigenvalue weighted by Gasteiger charge is -2.15. The minimum absolute atomic E-state index is 0.240. The van der Waals surface area contributed by atoms with E-state index < -0.39 is 0 Å². The van der Waals surface area contributed by atoms with Crippen LogP contribution in [0.15, 0.2) is 30.3 Å². The third kappa shape index (κ3) is 10.8. The minimum atomic E-state index is -0.240. The number of hydrogen-bond acceptors (Lipinski definition) is 5. The van der Waals surface area contributed by atoms with Crippen molar-refractivity contribution in [2.75, 3.05) is 46.6 Å². The van der Waals surface area contributed by atoms with Gasteiger partial charge in [0.2, 0.25) is 0 Å². The van der Waals surface area contributed by atoms with Gasteiger partial charge in [-0.25, -0.2) is 0 Å². The van der Waals surface area contributed by atoms with Crippen LogP contribution in [0, 0.1) is 0 Å². The summed E-state index contributed by atoms with van der Waals surface area (Å²) < 4.78 is 16.0. The van der Waals surface area contributed by atoms with Crippen molar-refractivity contribution in [1.29, 1.82) is 0 Å². The Balaban J connectivity index is 1.89. The van der Waals surface area contributed by atoms with E-state index >= 15 is 0 Å². The zero-order valence-corrected chi connectivity index (χ0v) is 14.3. The van der Waals surface area contributed by atoms with E-state index in [9.17, 15) is 4.79 Å². The Morgan fingerprint density at radius 2 is 1.70 bits per heavy atom. The smallest absolute Gasteiger partial charge is 0.308 e. The molecule has 0 heterocycles. The third-order valence-corrected chi connectivity index (χ3v) is 3.29. The van der Waals surface area contributed by atoms with Crippen molar-refractivity contribution in [3.8, 4) is 0 Å². The maximum atomic E-state index is 11.5. The van der Waals surface area contributed by atoms with Gasteiger partial charge in [-0.2, -0.15) is 0 Å². The lowest BCUT2D eigenvalue weighted by Crippen LogP contribution is -2.24. The summed E-state index contributed by atoms with van der Waals surface area (Å²) in [5.74, 6) is -0.240. The van der Waals surface area contributed by atoms with Gasteiger partial charge < -0.3 is 19.1 Å². The van der Waals surface area contributed by atoms with Crippen molar-refractivity contribution >= 4 is 5.97 Å². The summed E-state index contributed by atoms with van der Waals surface area (Å²) in [4.78, 5) is 13.8. The second-order valence-electron chi connectivity index (χ2n) is 5.42. The molecule has 0 bridgehead atoms. The molecule has 0 aliphatic carbocycles. The van der Waals surface area contributed by atoms with E-state index in [4.69, 9.17) is 14.2 Å². The van der Waals surface area contributed by atoms with Gasteiger partial charge in [0.05, 0.1) is 32.8 Å². The topological polar surface area (TPSA) is 48.0 Å². The second kappa shape index (κ2) is 13.0. The molecule has 0 saturated heterocycles. The van der Waals surface area contributed by atoms with E-state index in [1.54, 1.807) is 0 Å². The Bertz CT molecular complexity index is 411. The fourth-order valence-electron chi connectivity index (χ4n) is 2.00. The zero-order chi connectivity index (χ0) is 16.8. The SMILES string of the molecule is CCCN(C)CCOCCOCCC(=O)OCc1ccccc1. The number of rotatable bonds is 13. The summed E-state index contributed by atoms with van der Waals surface area (Å²) in [6, 6.07) is 9.64. The molecular weight excluding hydrogens is 294 g/mol. The van der Waals surface area contributed by atoms with E-state index in [2.05, 4.69) is 18.9 Å². The average Bonchev–Trinajstić information content (AvgIpc) is 2.56. The number of esters is 1. The Hall–Kier alpha value is -1.43. The number of benzene rings is 1. The highest BCUT2D eigenvalue weighted by atomic mass is 16.5. The van der Waals surface area contributed by atoms with Gasteiger partial charge >= 0.3 is 5.97 Å². The molecule has 23 heavy (non-hydrogen) atoms. The number of nitrogens with zero attached hydrogens (tertiary/aromatic N) is 1. The van der Waals surface area contributed by atoms with Crippen molar-refractivity contribution in [3.05, 3.63) is 35.9 Å². The lowest BCUT2D eigenvalue weighted by atomic mass is 10.2. The molecule has 0 fully saturated rings. The molecule has 5 nitrogen and oxygen atoms in total. The highest BCUT2D eigenvalue weighted by molar-refractivity contribution is 5.69. The summed E-state index contributed by atoms with van der Waals surface area (Å²) in [5, 5.41) is 0. The highest BCUT2D eigenvalue weighted by Crippen LogP contribution is 2.01. The lowest BCUT2D eigenvalue weighted by molar-refractivity contribution is -0.146. The first-order valence-electron chi connectivity index (χ1n) is 8.26. The van der Waals surface area contributed by atoms with Gasteiger partial charge in [-0.15, -0.1) is 0 Å². The molecule has 1 rings (SSSR count). The number of carbonyl (C=O) groups excluding carboxylic acids is 1. The van der Waals surface area contributed by atoms with Gasteiger partial charge in [0.1, 0.15) is 6.61 Å². The molecule has 0 spiro atoms. The van der Waals surface area contributed by atoms with Crippen molar-refractivity contribution in [1.82, 2.24) is 4.90 Å². The summed E-state index contributed by atoms with van der Waals surface area (Å²) >= 11 is 0. The first-order chi connectivity index (χ1) is 11.2. The van der Waals surface area contributed by atoms with Gasteiger partial charge in [0.25, 0.3) is 0 Å². The van der Waals surface area contributed by atoms with Crippen molar-refractivity contribution in [3.63, 3.8) is 0 Å². The fourth-order valence-corrected chi connectivity index (χ4v) is 2.00. The molecule has 0 N–H and O–H groups in total. The molecule has 0 aliphatic heterocycles. The van der Waals surface area contributed by atoms with Crippen LogP contribution < -0.4 is 0 Å². The first kappa shape index (κ1) is 19.6. The van der Waals surface area contributed by atoms with Crippen LogP contribution in [0.5, 0.6) is 0 Å². The number of likely N-dealkylation sites (N-methyl/N-ethyl adjacent to an activating group) is 1. The molecule has 0 atom stereocenters. The quantitative estimate of drug-likeness (QED) is 0.412. The summed E-state index contributed by atoms with van der Waals surface area (Å²) in [6.45, 7) is 6.63. The van der Waals surface area contributed by atoms with Crippen LogP contribution in [0.25, 0.3) is 0 Å². The Labute approximate surface area is 139 Å². The van der Waals surface area contributed by atoms with Crippen LogP contribution in [0.1, 0.15) is 25.3 Å². The largest absolute Gasteiger partial charge is 0.461 e. The summed E-state index contributed by atoms with van der Waals surface area (Å²) in [6.07, 6.45) is 1.42. The van der Waals surface area contributed by atoms with E-state index in [1.807, 2.05) is 30.3 Å². The molecule has 0 aromatic heterocycles. The van der Waals surface area contributed by atoms with Crippen LogP contribution in [-0.4, -0.2) is 57.4 Å². The minimum Gasteiger partial charge on any atom is -0.461 e. The van der Waals surface area contributed by atoms with Gasteiger partial charge in [0.15, 0.2) is 0 Å². The molecule has 0 radical (unpaired) electrons. The zero-order valence-electron chi connectivity index (χ0n) is 14.3. The van der Waals surface area contributed by atoms with E-state index in [0.717, 1.165) is 25.1 Å². The molecule has 0 saturated carbocycles. The maximum Gasteiger partial charge on any atom is 0.308 e. The molecule has 5 heteroatoms. The van der Waals surface area contributed by atoms with Gasteiger partial charge in [-0.3, -0.25) is 4.79 Å². The standard InChI is InChI=1S/C18H29NO4/c1-3-10-19(2)11-13-22-15-14-21-12-9-18(20)23-16-17-7-5-4-6-8-17/h4-8H,3,9-16H2,1-2H3. The molecule has 0 aliphatic rings. The molecule has 1 aromatic carbocycles. The Kier molecular flexibility index (Phi) is 11.1. The molecule has 1 aromatic rings. The Morgan fingerprint density at radius 1 is 1.00 bits per heavy atom. The number of ether oxygens (including phenoxy) is 3. The molecular formula is C18H29NO4. The van der Waals surface area contributed by atoms with E-state index in [-0.39, 0.29) is 12.4 Å². The third-order valence-electron chi connectivity index (χ3n) is 3.29.